The number of benzene rings is 1. The second-order valence-corrected chi connectivity index (χ2v) is 4.89. The topological polar surface area (TPSA) is 84.9 Å². The van der Waals surface area contributed by atoms with Crippen molar-refractivity contribution in [2.75, 3.05) is 19.8 Å². The predicted molar refractivity (Wildman–Crippen MR) is 75.8 cm³/mol. The molecule has 0 saturated heterocycles. The number of fused-ring (bicyclic) bond motifs is 1. The number of carboxylic acid groups (broad SMARTS) is 1. The highest BCUT2D eigenvalue weighted by Gasteiger charge is 2.19. The van der Waals surface area contributed by atoms with Crippen LogP contribution in [-0.2, 0) is 4.79 Å². The lowest BCUT2D eigenvalue weighted by Gasteiger charge is -2.19. The van der Waals surface area contributed by atoms with Crippen LogP contribution in [0, 0.1) is 5.92 Å². The zero-order valence-electron chi connectivity index (χ0n) is 11.9. The molecule has 1 unspecified atom stereocenters. The predicted octanol–water partition coefficient (Wildman–Crippen LogP) is 1.69. The Hall–Kier alpha value is -2.24. The Bertz CT molecular complexity index is 529. The maximum atomic E-state index is 12.1. The van der Waals surface area contributed by atoms with Gasteiger partial charge in [0.1, 0.15) is 13.2 Å². The minimum Gasteiger partial charge on any atom is -0.486 e. The number of amides is 1. The van der Waals surface area contributed by atoms with E-state index in [1.54, 1.807) is 18.2 Å². The number of rotatable bonds is 6. The average molecular weight is 293 g/mol. The number of ether oxygens (including phenoxy) is 2. The Kier molecular flexibility index (Phi) is 5.03. The number of carboxylic acids is 1. The van der Waals surface area contributed by atoms with E-state index in [-0.39, 0.29) is 12.5 Å². The second-order valence-electron chi connectivity index (χ2n) is 4.89. The number of aliphatic carboxylic acids is 1. The lowest BCUT2D eigenvalue weighted by molar-refractivity contribution is -0.141. The number of nitrogens with one attached hydrogen (secondary N) is 1. The third-order valence-electron chi connectivity index (χ3n) is 3.30. The summed E-state index contributed by atoms with van der Waals surface area (Å²) in [5, 5.41) is 11.7. The van der Waals surface area contributed by atoms with Gasteiger partial charge in [-0.25, -0.2) is 0 Å². The molecule has 21 heavy (non-hydrogen) atoms. The molecule has 0 bridgehead atoms. The van der Waals surface area contributed by atoms with Crippen LogP contribution in [0.2, 0.25) is 0 Å². The number of hydrogen-bond acceptors (Lipinski definition) is 4. The van der Waals surface area contributed by atoms with Crippen LogP contribution in [-0.4, -0.2) is 36.7 Å². The van der Waals surface area contributed by atoms with Gasteiger partial charge in [-0.1, -0.05) is 13.3 Å². The van der Waals surface area contributed by atoms with Gasteiger partial charge < -0.3 is 19.9 Å². The highest BCUT2D eigenvalue weighted by Crippen LogP contribution is 2.30. The molecule has 2 rings (SSSR count). The Morgan fingerprint density at radius 1 is 1.29 bits per heavy atom. The number of carbonyl (C=O) groups excluding carboxylic acids is 1. The molecule has 0 aliphatic carbocycles. The molecular weight excluding hydrogens is 274 g/mol. The quantitative estimate of drug-likeness (QED) is 0.833. The summed E-state index contributed by atoms with van der Waals surface area (Å²) in [5.74, 6) is -0.603. The van der Waals surface area contributed by atoms with Crippen LogP contribution in [0.4, 0.5) is 0 Å². The SMILES string of the molecule is CCCC(CNC(=O)c1ccc2c(c1)OCCO2)C(=O)O. The van der Waals surface area contributed by atoms with Gasteiger partial charge in [0.15, 0.2) is 11.5 Å². The summed E-state index contributed by atoms with van der Waals surface area (Å²) in [6.07, 6.45) is 1.30. The summed E-state index contributed by atoms with van der Waals surface area (Å²) < 4.78 is 10.8. The van der Waals surface area contributed by atoms with Crippen LogP contribution in [0.15, 0.2) is 18.2 Å². The molecule has 1 amide bonds. The van der Waals surface area contributed by atoms with E-state index in [2.05, 4.69) is 5.32 Å². The maximum Gasteiger partial charge on any atom is 0.308 e. The summed E-state index contributed by atoms with van der Waals surface area (Å²) in [5.41, 5.74) is 0.430. The molecule has 114 valence electrons. The van der Waals surface area contributed by atoms with Crippen molar-refractivity contribution in [2.24, 2.45) is 5.92 Å². The van der Waals surface area contributed by atoms with Crippen molar-refractivity contribution in [2.45, 2.75) is 19.8 Å². The molecule has 0 fully saturated rings. The van der Waals surface area contributed by atoms with Gasteiger partial charge >= 0.3 is 5.97 Å². The minimum absolute atomic E-state index is 0.121. The summed E-state index contributed by atoms with van der Waals surface area (Å²) in [6.45, 7) is 2.99. The van der Waals surface area contributed by atoms with Crippen molar-refractivity contribution < 1.29 is 24.2 Å². The summed E-state index contributed by atoms with van der Waals surface area (Å²) >= 11 is 0. The van der Waals surface area contributed by atoms with E-state index in [9.17, 15) is 9.59 Å². The molecule has 6 nitrogen and oxygen atoms in total. The standard InChI is InChI=1S/C15H19NO5/c1-2-3-11(15(18)19)9-16-14(17)10-4-5-12-13(8-10)21-7-6-20-12/h4-5,8,11H,2-3,6-7,9H2,1H3,(H,16,17)(H,18,19). The van der Waals surface area contributed by atoms with Crippen molar-refractivity contribution in [3.05, 3.63) is 23.8 Å². The molecule has 1 aromatic carbocycles. The highest BCUT2D eigenvalue weighted by molar-refractivity contribution is 5.95. The second kappa shape index (κ2) is 6.97. The molecule has 2 N–H and O–H groups in total. The lowest BCUT2D eigenvalue weighted by atomic mass is 10.0. The van der Waals surface area contributed by atoms with E-state index in [4.69, 9.17) is 14.6 Å². The molecular formula is C15H19NO5. The summed E-state index contributed by atoms with van der Waals surface area (Å²) in [6, 6.07) is 4.93. The van der Waals surface area contributed by atoms with Crippen LogP contribution in [0.3, 0.4) is 0 Å². The van der Waals surface area contributed by atoms with Crippen LogP contribution < -0.4 is 14.8 Å². The zero-order valence-corrected chi connectivity index (χ0v) is 11.9. The summed E-state index contributed by atoms with van der Waals surface area (Å²) in [4.78, 5) is 23.1. The molecule has 0 aromatic heterocycles. The maximum absolute atomic E-state index is 12.1. The van der Waals surface area contributed by atoms with Crippen LogP contribution >= 0.6 is 0 Å². The molecule has 1 atom stereocenters. The monoisotopic (exact) mass is 293 g/mol. The molecule has 1 aromatic rings. The van der Waals surface area contributed by atoms with Crippen molar-refractivity contribution in [1.29, 1.82) is 0 Å². The summed E-state index contributed by atoms with van der Waals surface area (Å²) in [7, 11) is 0. The number of hydrogen-bond donors (Lipinski definition) is 2. The first-order chi connectivity index (χ1) is 10.1. The van der Waals surface area contributed by atoms with Gasteiger partial charge in [-0.2, -0.15) is 0 Å². The fraction of sp³-hybridized carbons (Fsp3) is 0.467. The Balaban J connectivity index is 1.98. The van der Waals surface area contributed by atoms with Gasteiger partial charge in [0.25, 0.3) is 5.91 Å². The van der Waals surface area contributed by atoms with Crippen LogP contribution in [0.1, 0.15) is 30.1 Å². The molecule has 6 heteroatoms. The van der Waals surface area contributed by atoms with E-state index in [1.807, 2.05) is 6.92 Å². The largest absolute Gasteiger partial charge is 0.486 e. The fourth-order valence-electron chi connectivity index (χ4n) is 2.16. The van der Waals surface area contributed by atoms with Crippen LogP contribution in [0.5, 0.6) is 11.5 Å². The lowest BCUT2D eigenvalue weighted by Crippen LogP contribution is -2.33. The smallest absolute Gasteiger partial charge is 0.308 e. The van der Waals surface area contributed by atoms with Crippen molar-refractivity contribution in [3.8, 4) is 11.5 Å². The van der Waals surface area contributed by atoms with E-state index < -0.39 is 11.9 Å². The Morgan fingerprint density at radius 3 is 2.67 bits per heavy atom. The van der Waals surface area contributed by atoms with E-state index in [0.717, 1.165) is 6.42 Å². The van der Waals surface area contributed by atoms with Crippen molar-refractivity contribution in [3.63, 3.8) is 0 Å². The minimum atomic E-state index is -0.890. The average Bonchev–Trinajstić information content (AvgIpc) is 2.50. The van der Waals surface area contributed by atoms with Gasteiger partial charge in [0.2, 0.25) is 0 Å². The first-order valence-corrected chi connectivity index (χ1v) is 7.02. The van der Waals surface area contributed by atoms with Gasteiger partial charge in [-0.05, 0) is 24.6 Å². The number of carbonyl (C=O) groups is 2. The first-order valence-electron chi connectivity index (χ1n) is 7.02. The third kappa shape index (κ3) is 3.87. The zero-order chi connectivity index (χ0) is 15.2. The van der Waals surface area contributed by atoms with E-state index in [1.165, 1.54) is 0 Å². The van der Waals surface area contributed by atoms with Gasteiger partial charge in [0, 0.05) is 12.1 Å². The highest BCUT2D eigenvalue weighted by atomic mass is 16.6. The van der Waals surface area contributed by atoms with Gasteiger partial charge in [-0.3, -0.25) is 9.59 Å². The van der Waals surface area contributed by atoms with Crippen molar-refractivity contribution >= 4 is 11.9 Å². The Morgan fingerprint density at radius 2 is 2.00 bits per heavy atom. The third-order valence-corrected chi connectivity index (χ3v) is 3.30. The molecule has 1 heterocycles. The molecule has 0 spiro atoms. The van der Waals surface area contributed by atoms with E-state index in [0.29, 0.717) is 36.7 Å². The van der Waals surface area contributed by atoms with Gasteiger partial charge in [0.05, 0.1) is 5.92 Å². The van der Waals surface area contributed by atoms with Crippen LogP contribution in [0.25, 0.3) is 0 Å². The fourth-order valence-corrected chi connectivity index (χ4v) is 2.16. The normalized spacial score (nSPS) is 14.3. The molecule has 1 aliphatic rings. The Labute approximate surface area is 123 Å². The van der Waals surface area contributed by atoms with Crippen molar-refractivity contribution in [1.82, 2.24) is 5.32 Å². The molecule has 0 radical (unpaired) electrons. The van der Waals surface area contributed by atoms with E-state index >= 15 is 0 Å². The first kappa shape index (κ1) is 15.2. The van der Waals surface area contributed by atoms with Gasteiger partial charge in [-0.15, -0.1) is 0 Å². The molecule has 1 aliphatic heterocycles. The molecule has 0 saturated carbocycles.